The van der Waals surface area contributed by atoms with E-state index < -0.39 is 6.10 Å². The fourth-order valence-electron chi connectivity index (χ4n) is 3.16. The maximum atomic E-state index is 12.8. The van der Waals surface area contributed by atoms with Crippen LogP contribution in [0.25, 0.3) is 0 Å². The van der Waals surface area contributed by atoms with Gasteiger partial charge in [-0.05, 0) is 36.2 Å². The Hall–Kier alpha value is -2.04. The first kappa shape index (κ1) is 18.7. The molecule has 1 amide bonds. The summed E-state index contributed by atoms with van der Waals surface area (Å²) in [5.41, 5.74) is 1.31. The van der Waals surface area contributed by atoms with Crippen LogP contribution in [0.5, 0.6) is 5.75 Å². The number of amides is 1. The van der Waals surface area contributed by atoms with E-state index in [9.17, 15) is 4.79 Å². The second-order valence-corrected chi connectivity index (χ2v) is 6.99. The molecule has 0 N–H and O–H groups in total. The topological polar surface area (TPSA) is 32.8 Å². The van der Waals surface area contributed by atoms with E-state index in [1.54, 1.807) is 24.3 Å². The molecule has 0 aromatic heterocycles. The van der Waals surface area contributed by atoms with Crippen LogP contribution in [0, 0.1) is 0 Å². The first-order chi connectivity index (χ1) is 12.7. The van der Waals surface area contributed by atoms with Gasteiger partial charge in [0.2, 0.25) is 0 Å². The van der Waals surface area contributed by atoms with Gasteiger partial charge < -0.3 is 9.64 Å². The predicted molar refractivity (Wildman–Crippen MR) is 104 cm³/mol. The molecule has 0 aliphatic carbocycles. The van der Waals surface area contributed by atoms with Crippen LogP contribution >= 0.6 is 11.6 Å². The minimum Gasteiger partial charge on any atom is -0.481 e. The van der Waals surface area contributed by atoms with Crippen molar-refractivity contribution in [3.05, 3.63) is 65.2 Å². The van der Waals surface area contributed by atoms with E-state index in [4.69, 9.17) is 16.3 Å². The summed E-state index contributed by atoms with van der Waals surface area (Å²) < 4.78 is 5.89. The van der Waals surface area contributed by atoms with Crippen molar-refractivity contribution in [2.24, 2.45) is 0 Å². The lowest BCUT2D eigenvalue weighted by Gasteiger charge is -2.36. The molecule has 1 aliphatic rings. The molecule has 1 fully saturated rings. The molecule has 138 valence electrons. The number of benzene rings is 2. The van der Waals surface area contributed by atoms with Crippen molar-refractivity contribution < 1.29 is 9.53 Å². The number of carbonyl (C=O) groups is 1. The van der Waals surface area contributed by atoms with Crippen LogP contribution in [0.4, 0.5) is 0 Å². The molecule has 0 spiro atoms. The summed E-state index contributed by atoms with van der Waals surface area (Å²) in [6, 6.07) is 17.6. The first-order valence-electron chi connectivity index (χ1n) is 9.13. The van der Waals surface area contributed by atoms with Gasteiger partial charge in [0, 0.05) is 37.7 Å². The van der Waals surface area contributed by atoms with E-state index in [2.05, 4.69) is 29.2 Å². The van der Waals surface area contributed by atoms with E-state index >= 15 is 0 Å². The SMILES string of the molecule is CC[C@H](Oc1ccc(Cl)cc1)C(=O)N1CCN(Cc2ccccc2)CC1. The molecule has 0 bridgehead atoms. The van der Waals surface area contributed by atoms with Gasteiger partial charge in [-0.3, -0.25) is 9.69 Å². The number of carbonyl (C=O) groups excluding carboxylic acids is 1. The molecule has 1 saturated heterocycles. The van der Waals surface area contributed by atoms with Crippen molar-refractivity contribution in [2.75, 3.05) is 26.2 Å². The number of rotatable bonds is 6. The molecule has 26 heavy (non-hydrogen) atoms. The number of hydrogen-bond acceptors (Lipinski definition) is 3. The molecule has 1 heterocycles. The van der Waals surface area contributed by atoms with Crippen LogP contribution in [-0.2, 0) is 11.3 Å². The summed E-state index contributed by atoms with van der Waals surface area (Å²) in [7, 11) is 0. The summed E-state index contributed by atoms with van der Waals surface area (Å²) in [6.07, 6.45) is 0.197. The molecule has 3 rings (SSSR count). The maximum absolute atomic E-state index is 12.8. The fraction of sp³-hybridized carbons (Fsp3) is 0.381. The summed E-state index contributed by atoms with van der Waals surface area (Å²) in [6.45, 7) is 6.17. The Morgan fingerprint density at radius 2 is 1.69 bits per heavy atom. The Kier molecular flexibility index (Phi) is 6.53. The van der Waals surface area contributed by atoms with E-state index in [-0.39, 0.29) is 5.91 Å². The zero-order valence-electron chi connectivity index (χ0n) is 15.1. The van der Waals surface area contributed by atoms with Gasteiger partial charge in [0.1, 0.15) is 5.75 Å². The molecule has 5 heteroatoms. The van der Waals surface area contributed by atoms with Crippen LogP contribution in [0.3, 0.4) is 0 Å². The van der Waals surface area contributed by atoms with Crippen molar-refractivity contribution in [3.63, 3.8) is 0 Å². The Bertz CT molecular complexity index is 698. The van der Waals surface area contributed by atoms with E-state index in [0.717, 1.165) is 32.7 Å². The van der Waals surface area contributed by atoms with Crippen LogP contribution < -0.4 is 4.74 Å². The lowest BCUT2D eigenvalue weighted by atomic mass is 10.1. The number of piperazine rings is 1. The molecule has 0 radical (unpaired) electrons. The Morgan fingerprint density at radius 3 is 2.31 bits per heavy atom. The summed E-state index contributed by atoms with van der Waals surface area (Å²) in [5.74, 6) is 0.749. The summed E-state index contributed by atoms with van der Waals surface area (Å²) >= 11 is 5.90. The second-order valence-electron chi connectivity index (χ2n) is 6.56. The largest absolute Gasteiger partial charge is 0.481 e. The Labute approximate surface area is 160 Å². The van der Waals surface area contributed by atoms with Gasteiger partial charge in [0.15, 0.2) is 6.10 Å². The van der Waals surface area contributed by atoms with Gasteiger partial charge in [-0.15, -0.1) is 0 Å². The van der Waals surface area contributed by atoms with Gasteiger partial charge in [-0.2, -0.15) is 0 Å². The Morgan fingerprint density at radius 1 is 1.04 bits per heavy atom. The molecule has 0 saturated carbocycles. The van der Waals surface area contributed by atoms with Gasteiger partial charge in [-0.25, -0.2) is 0 Å². The lowest BCUT2D eigenvalue weighted by molar-refractivity contribution is -0.140. The molecule has 2 aromatic rings. The van der Waals surface area contributed by atoms with Crippen molar-refractivity contribution >= 4 is 17.5 Å². The molecule has 1 atom stereocenters. The number of halogens is 1. The molecule has 1 aliphatic heterocycles. The third-order valence-electron chi connectivity index (χ3n) is 4.67. The van der Waals surface area contributed by atoms with Crippen molar-refractivity contribution in [1.29, 1.82) is 0 Å². The van der Waals surface area contributed by atoms with Gasteiger partial charge >= 0.3 is 0 Å². The zero-order chi connectivity index (χ0) is 18.4. The number of nitrogens with zero attached hydrogens (tertiary/aromatic N) is 2. The molecule has 0 unspecified atom stereocenters. The fourth-order valence-corrected chi connectivity index (χ4v) is 3.28. The average molecular weight is 373 g/mol. The van der Waals surface area contributed by atoms with Crippen LogP contribution in [-0.4, -0.2) is 48.0 Å². The normalized spacial score (nSPS) is 16.3. The standard InChI is InChI=1S/C21H25ClN2O2/c1-2-20(26-19-10-8-18(22)9-11-19)21(25)24-14-12-23(13-15-24)16-17-6-4-3-5-7-17/h3-11,20H,2,12-16H2,1H3/t20-/m0/s1. The monoisotopic (exact) mass is 372 g/mol. The zero-order valence-corrected chi connectivity index (χ0v) is 15.9. The van der Waals surface area contributed by atoms with Crippen molar-refractivity contribution in [2.45, 2.75) is 26.0 Å². The summed E-state index contributed by atoms with van der Waals surface area (Å²) in [5, 5.41) is 0.659. The average Bonchev–Trinajstić information content (AvgIpc) is 2.68. The van der Waals surface area contributed by atoms with Gasteiger partial charge in [0.25, 0.3) is 5.91 Å². The molecular formula is C21H25ClN2O2. The minimum atomic E-state index is -0.447. The third-order valence-corrected chi connectivity index (χ3v) is 4.92. The van der Waals surface area contributed by atoms with Crippen molar-refractivity contribution in [1.82, 2.24) is 9.80 Å². The molecule has 4 nitrogen and oxygen atoms in total. The maximum Gasteiger partial charge on any atom is 0.263 e. The summed E-state index contributed by atoms with van der Waals surface area (Å²) in [4.78, 5) is 17.1. The van der Waals surface area contributed by atoms with Crippen LogP contribution in [0.1, 0.15) is 18.9 Å². The van der Waals surface area contributed by atoms with E-state index in [1.165, 1.54) is 5.56 Å². The first-order valence-corrected chi connectivity index (χ1v) is 9.51. The number of ether oxygens (including phenoxy) is 1. The van der Waals surface area contributed by atoms with Crippen molar-refractivity contribution in [3.8, 4) is 5.75 Å². The number of hydrogen-bond donors (Lipinski definition) is 0. The molecule has 2 aromatic carbocycles. The highest BCUT2D eigenvalue weighted by Gasteiger charge is 2.27. The predicted octanol–water partition coefficient (Wildman–Crippen LogP) is 3.84. The highest BCUT2D eigenvalue weighted by Crippen LogP contribution is 2.19. The second kappa shape index (κ2) is 9.06. The third kappa shape index (κ3) is 4.99. The smallest absolute Gasteiger partial charge is 0.263 e. The van der Waals surface area contributed by atoms with Gasteiger partial charge in [0.05, 0.1) is 0 Å². The van der Waals surface area contributed by atoms with Crippen LogP contribution in [0.15, 0.2) is 54.6 Å². The van der Waals surface area contributed by atoms with E-state index in [0.29, 0.717) is 17.2 Å². The lowest BCUT2D eigenvalue weighted by Crippen LogP contribution is -2.52. The minimum absolute atomic E-state index is 0.0711. The highest BCUT2D eigenvalue weighted by molar-refractivity contribution is 6.30. The quantitative estimate of drug-likeness (QED) is 0.772. The van der Waals surface area contributed by atoms with Gasteiger partial charge in [-0.1, -0.05) is 48.9 Å². The Balaban J connectivity index is 1.52. The highest BCUT2D eigenvalue weighted by atomic mass is 35.5. The molecular weight excluding hydrogens is 348 g/mol. The van der Waals surface area contributed by atoms with E-state index in [1.807, 2.05) is 17.9 Å². The van der Waals surface area contributed by atoms with Crippen LogP contribution in [0.2, 0.25) is 5.02 Å².